The maximum absolute atomic E-state index is 12.6. The molecule has 0 aliphatic carbocycles. The molecule has 0 unspecified atom stereocenters. The Morgan fingerprint density at radius 1 is 0.551 bits per heavy atom. The van der Waals surface area contributed by atoms with E-state index in [1.165, 1.54) is 9.79 Å². The number of hydrogen-bond donors (Lipinski definition) is 0. The van der Waals surface area contributed by atoms with E-state index < -0.39 is 66.2 Å². The molecule has 0 amide bonds. The van der Waals surface area contributed by atoms with E-state index in [-0.39, 0.29) is 5.60 Å². The maximum Gasteiger partial charge on any atom is 0.250 e. The van der Waals surface area contributed by atoms with Gasteiger partial charge in [-0.05, 0) is 86.6 Å². The van der Waals surface area contributed by atoms with Crippen molar-refractivity contribution in [1.82, 2.24) is 0 Å². The average Bonchev–Trinajstić information content (AvgIpc) is 2.95. The van der Waals surface area contributed by atoms with Crippen LogP contribution >= 0.6 is 0 Å². The summed E-state index contributed by atoms with van der Waals surface area (Å²) in [6.45, 7) is 18.6. The van der Waals surface area contributed by atoms with E-state index in [0.29, 0.717) is 0 Å². The highest BCUT2D eigenvalue weighted by atomic mass is 32.2. The molecule has 0 spiro atoms. The summed E-state index contributed by atoms with van der Waals surface area (Å²) in [5.74, 6) is -10.5. The summed E-state index contributed by atoms with van der Waals surface area (Å²) in [7, 11) is -6.22. The van der Waals surface area contributed by atoms with E-state index in [4.69, 9.17) is 14.2 Å². The number of hydrogen-bond acceptors (Lipinski definition) is 6. The minimum Gasteiger partial charge on any atom is -0.744 e. The molecule has 6 nitrogen and oxygen atoms in total. The smallest absolute Gasteiger partial charge is 0.250 e. The molecule has 0 saturated heterocycles. The third kappa shape index (κ3) is 10.8. The van der Waals surface area contributed by atoms with Crippen molar-refractivity contribution in [2.24, 2.45) is 0 Å². The topological polar surface area (TPSA) is 84.9 Å². The van der Waals surface area contributed by atoms with Gasteiger partial charge in [-0.3, -0.25) is 0 Å². The first-order chi connectivity index (χ1) is 22.4. The summed E-state index contributed by atoms with van der Waals surface area (Å²) >= 11 is 0. The molecule has 0 aliphatic rings. The number of benzene rings is 4. The van der Waals surface area contributed by atoms with Crippen LogP contribution in [0, 0.1) is 29.1 Å². The normalized spacial score (nSPS) is 12.3. The lowest BCUT2D eigenvalue weighted by Gasteiger charge is -2.28. The zero-order valence-corrected chi connectivity index (χ0v) is 30.2. The Balaban J connectivity index is 0.000000362. The lowest BCUT2D eigenvalue weighted by molar-refractivity contribution is 0.105. The van der Waals surface area contributed by atoms with Gasteiger partial charge in [-0.1, -0.05) is 36.4 Å². The first kappa shape index (κ1) is 39.6. The quantitative estimate of drug-likeness (QED) is 0.0620. The Morgan fingerprint density at radius 2 is 0.878 bits per heavy atom. The van der Waals surface area contributed by atoms with E-state index in [1.807, 2.05) is 32.9 Å². The Hall–Kier alpha value is -3.81. The third-order valence-electron chi connectivity index (χ3n) is 5.83. The molecular weight excluding hydrogens is 688 g/mol. The van der Waals surface area contributed by atoms with Crippen molar-refractivity contribution < 1.29 is 49.1 Å². The van der Waals surface area contributed by atoms with Gasteiger partial charge in [0.2, 0.25) is 10.7 Å². The summed E-state index contributed by atoms with van der Waals surface area (Å²) in [5, 5.41) is 0. The van der Waals surface area contributed by atoms with Crippen molar-refractivity contribution in [3.8, 4) is 17.2 Å². The maximum atomic E-state index is 12.6. The van der Waals surface area contributed by atoms with Gasteiger partial charge in [0.25, 0.3) is 0 Å². The Bertz CT molecular complexity index is 1760. The highest BCUT2D eigenvalue weighted by Gasteiger charge is 2.39. The highest BCUT2D eigenvalue weighted by Crippen LogP contribution is 2.47. The summed E-state index contributed by atoms with van der Waals surface area (Å²) in [5.41, 5.74) is -1.13. The molecule has 0 fully saturated rings. The summed E-state index contributed by atoms with van der Waals surface area (Å²) < 4.78 is 112. The van der Waals surface area contributed by atoms with Crippen molar-refractivity contribution in [2.45, 2.75) is 98.7 Å². The van der Waals surface area contributed by atoms with Crippen molar-refractivity contribution in [2.75, 3.05) is 0 Å². The second-order valence-electron chi connectivity index (χ2n) is 13.7. The standard InChI is InChI=1S/C30H39O3S.C6HF5O3S/c1-28(2,3)31-22-20-25(32-29(4,5)6)27(26(21-22)33-30(7,8)9)34(23-16-12-10-13-17-23)24-18-14-11-15-19-24;7-1-2(8)4(10)6(15(12,13)14)5(11)3(1)9/h10-21H,1-9H3;(H,12,13,14)/q+1;/p-1. The third-order valence-corrected chi connectivity index (χ3v) is 8.99. The van der Waals surface area contributed by atoms with Crippen LogP contribution < -0.4 is 14.2 Å². The van der Waals surface area contributed by atoms with E-state index in [2.05, 4.69) is 102 Å². The number of halogens is 5. The zero-order valence-electron chi connectivity index (χ0n) is 28.6. The van der Waals surface area contributed by atoms with Crippen LogP contribution in [0.5, 0.6) is 17.2 Å². The molecule has 0 aliphatic heterocycles. The Kier molecular flexibility index (Phi) is 12.1. The molecule has 0 bridgehead atoms. The van der Waals surface area contributed by atoms with Gasteiger partial charge in [-0.25, -0.2) is 30.4 Å². The van der Waals surface area contributed by atoms with Crippen LogP contribution in [0.1, 0.15) is 62.3 Å². The van der Waals surface area contributed by atoms with E-state index >= 15 is 0 Å². The van der Waals surface area contributed by atoms with Crippen LogP contribution in [0.4, 0.5) is 22.0 Å². The lowest BCUT2D eigenvalue weighted by Crippen LogP contribution is -2.27. The highest BCUT2D eigenvalue weighted by molar-refractivity contribution is 7.97. The van der Waals surface area contributed by atoms with Crippen molar-refractivity contribution in [3.63, 3.8) is 0 Å². The molecule has 266 valence electrons. The van der Waals surface area contributed by atoms with Crippen LogP contribution in [0.3, 0.4) is 0 Å². The molecule has 0 radical (unpaired) electrons. The molecule has 0 saturated carbocycles. The monoisotopic (exact) mass is 726 g/mol. The van der Waals surface area contributed by atoms with Crippen molar-refractivity contribution >= 4 is 21.0 Å². The first-order valence-electron chi connectivity index (χ1n) is 15.0. The van der Waals surface area contributed by atoms with Gasteiger partial charge < -0.3 is 18.8 Å². The fourth-order valence-electron chi connectivity index (χ4n) is 4.27. The van der Waals surface area contributed by atoms with Crippen LogP contribution in [0.25, 0.3) is 0 Å². The summed E-state index contributed by atoms with van der Waals surface area (Å²) in [6, 6.07) is 25.2. The average molecular weight is 727 g/mol. The van der Waals surface area contributed by atoms with Gasteiger partial charge >= 0.3 is 0 Å². The van der Waals surface area contributed by atoms with E-state index in [0.717, 1.165) is 22.1 Å². The Labute approximate surface area is 287 Å². The summed E-state index contributed by atoms with van der Waals surface area (Å²) in [4.78, 5) is 1.06. The van der Waals surface area contributed by atoms with E-state index in [1.54, 1.807) is 0 Å². The molecule has 49 heavy (non-hydrogen) atoms. The predicted molar refractivity (Wildman–Crippen MR) is 177 cm³/mol. The SMILES string of the molecule is CC(C)(C)Oc1cc(OC(C)(C)C)c([S+](c2ccccc2)c2ccccc2)c(OC(C)(C)C)c1.O=S(=O)([O-])c1c(F)c(F)c(F)c(F)c1F. The molecule has 13 heteroatoms. The molecule has 0 heterocycles. The minimum atomic E-state index is -5.77. The molecule has 4 rings (SSSR count). The van der Waals surface area contributed by atoms with Crippen LogP contribution in [-0.4, -0.2) is 29.8 Å². The summed E-state index contributed by atoms with van der Waals surface area (Å²) in [6.07, 6.45) is 0. The molecule has 0 aromatic heterocycles. The fourth-order valence-corrected chi connectivity index (χ4v) is 7.09. The molecular formula is C36H39F5O6S2. The van der Waals surface area contributed by atoms with Gasteiger partial charge in [0.1, 0.15) is 48.5 Å². The second-order valence-corrected chi connectivity index (χ2v) is 17.0. The van der Waals surface area contributed by atoms with Gasteiger partial charge in [-0.2, -0.15) is 0 Å². The largest absolute Gasteiger partial charge is 0.744 e. The van der Waals surface area contributed by atoms with Crippen LogP contribution in [-0.2, 0) is 21.0 Å². The molecule has 4 aromatic rings. The van der Waals surface area contributed by atoms with E-state index in [9.17, 15) is 34.9 Å². The fraction of sp³-hybridized carbons (Fsp3) is 0.333. The Morgan fingerprint density at radius 3 is 1.18 bits per heavy atom. The second kappa shape index (κ2) is 15.0. The lowest BCUT2D eigenvalue weighted by atomic mass is 10.1. The zero-order chi connectivity index (χ0) is 37.1. The predicted octanol–water partition coefficient (Wildman–Crippen LogP) is 9.60. The van der Waals surface area contributed by atoms with Gasteiger partial charge in [0, 0.05) is 12.1 Å². The van der Waals surface area contributed by atoms with Crippen LogP contribution in [0.15, 0.2) is 92.4 Å². The van der Waals surface area contributed by atoms with Gasteiger partial charge in [0.15, 0.2) is 44.6 Å². The van der Waals surface area contributed by atoms with Gasteiger partial charge in [-0.15, -0.1) is 0 Å². The van der Waals surface area contributed by atoms with Gasteiger partial charge in [0.05, 0.1) is 0 Å². The molecule has 0 N–H and O–H groups in total. The first-order valence-corrected chi connectivity index (χ1v) is 17.6. The van der Waals surface area contributed by atoms with Crippen molar-refractivity contribution in [1.29, 1.82) is 0 Å². The van der Waals surface area contributed by atoms with Crippen molar-refractivity contribution in [3.05, 3.63) is 102 Å². The number of rotatable bonds is 7. The molecule has 4 aromatic carbocycles. The minimum absolute atomic E-state index is 0.347. The number of ether oxygens (including phenoxy) is 3. The van der Waals surface area contributed by atoms with Crippen LogP contribution in [0.2, 0.25) is 0 Å². The molecule has 0 atom stereocenters.